The summed E-state index contributed by atoms with van der Waals surface area (Å²) >= 11 is 3.54. The molecule has 0 saturated heterocycles. The number of aromatic nitrogens is 1. The van der Waals surface area contributed by atoms with Crippen LogP contribution in [0.3, 0.4) is 0 Å². The van der Waals surface area contributed by atoms with E-state index in [-0.39, 0.29) is 6.10 Å². The van der Waals surface area contributed by atoms with Crippen LogP contribution in [-0.4, -0.2) is 10.7 Å². The van der Waals surface area contributed by atoms with Crippen LogP contribution in [0.5, 0.6) is 0 Å². The summed E-state index contributed by atoms with van der Waals surface area (Å²) in [4.78, 5) is 0. The molecular formula is C15H20BrNO. The SMILES string of the molecule is CC(C)OCc1cn(C(C)C)c2cc(Br)ccc12. The molecule has 0 aliphatic heterocycles. The second-order valence-electron chi connectivity index (χ2n) is 5.18. The fourth-order valence-electron chi connectivity index (χ4n) is 2.10. The van der Waals surface area contributed by atoms with Crippen LogP contribution in [-0.2, 0) is 11.3 Å². The number of ether oxygens (including phenoxy) is 1. The van der Waals surface area contributed by atoms with Crippen LogP contribution in [0.1, 0.15) is 39.3 Å². The van der Waals surface area contributed by atoms with Crippen LogP contribution in [0.2, 0.25) is 0 Å². The first-order chi connectivity index (χ1) is 8.49. The molecule has 1 heterocycles. The minimum absolute atomic E-state index is 0.262. The van der Waals surface area contributed by atoms with Crippen molar-refractivity contribution >= 4 is 26.8 Å². The highest BCUT2D eigenvalue weighted by molar-refractivity contribution is 9.10. The van der Waals surface area contributed by atoms with Crippen molar-refractivity contribution in [2.45, 2.75) is 46.4 Å². The Morgan fingerprint density at radius 2 is 1.94 bits per heavy atom. The topological polar surface area (TPSA) is 14.2 Å². The summed E-state index contributed by atoms with van der Waals surface area (Å²) in [6.45, 7) is 9.22. The Morgan fingerprint density at radius 1 is 1.22 bits per heavy atom. The van der Waals surface area contributed by atoms with Crippen LogP contribution in [0.15, 0.2) is 28.9 Å². The Hall–Kier alpha value is -0.800. The maximum atomic E-state index is 5.73. The Labute approximate surface area is 117 Å². The molecule has 2 rings (SSSR count). The lowest BCUT2D eigenvalue weighted by Gasteiger charge is -2.09. The fourth-order valence-corrected chi connectivity index (χ4v) is 2.44. The molecule has 0 fully saturated rings. The summed E-state index contributed by atoms with van der Waals surface area (Å²) in [7, 11) is 0. The highest BCUT2D eigenvalue weighted by atomic mass is 79.9. The number of fused-ring (bicyclic) bond motifs is 1. The van der Waals surface area contributed by atoms with Crippen LogP contribution in [0, 0.1) is 0 Å². The molecule has 1 aromatic carbocycles. The first-order valence-electron chi connectivity index (χ1n) is 6.39. The quantitative estimate of drug-likeness (QED) is 0.782. The number of nitrogens with zero attached hydrogens (tertiary/aromatic N) is 1. The molecule has 0 unspecified atom stereocenters. The normalized spacial score (nSPS) is 11.9. The minimum Gasteiger partial charge on any atom is -0.374 e. The summed E-state index contributed by atoms with van der Waals surface area (Å²) < 4.78 is 9.16. The van der Waals surface area contributed by atoms with Crippen LogP contribution in [0.25, 0.3) is 10.9 Å². The van der Waals surface area contributed by atoms with Crippen molar-refractivity contribution < 1.29 is 4.74 Å². The Kier molecular flexibility index (Phi) is 4.13. The average Bonchev–Trinajstić information content (AvgIpc) is 2.64. The zero-order chi connectivity index (χ0) is 13.3. The highest BCUT2D eigenvalue weighted by Crippen LogP contribution is 2.28. The van der Waals surface area contributed by atoms with Gasteiger partial charge in [-0.1, -0.05) is 22.0 Å². The molecule has 18 heavy (non-hydrogen) atoms. The average molecular weight is 310 g/mol. The molecule has 0 saturated carbocycles. The van der Waals surface area contributed by atoms with E-state index in [2.05, 4.69) is 72.6 Å². The lowest BCUT2D eigenvalue weighted by molar-refractivity contribution is 0.0663. The predicted molar refractivity (Wildman–Crippen MR) is 79.9 cm³/mol. The first-order valence-corrected chi connectivity index (χ1v) is 7.19. The van der Waals surface area contributed by atoms with E-state index in [0.29, 0.717) is 12.6 Å². The first kappa shape index (κ1) is 13.6. The lowest BCUT2D eigenvalue weighted by Crippen LogP contribution is -2.02. The molecule has 0 N–H and O–H groups in total. The van der Waals surface area contributed by atoms with Gasteiger partial charge in [0.15, 0.2) is 0 Å². The number of halogens is 1. The minimum atomic E-state index is 0.262. The largest absolute Gasteiger partial charge is 0.374 e. The maximum Gasteiger partial charge on any atom is 0.0741 e. The zero-order valence-electron chi connectivity index (χ0n) is 11.4. The third-order valence-electron chi connectivity index (χ3n) is 3.01. The molecule has 98 valence electrons. The van der Waals surface area contributed by atoms with Crippen LogP contribution in [0.4, 0.5) is 0 Å². The molecule has 0 spiro atoms. The van der Waals surface area contributed by atoms with Crippen molar-refractivity contribution in [3.05, 3.63) is 34.4 Å². The Bertz CT molecular complexity index is 543. The van der Waals surface area contributed by atoms with Gasteiger partial charge >= 0.3 is 0 Å². The van der Waals surface area contributed by atoms with E-state index < -0.39 is 0 Å². The van der Waals surface area contributed by atoms with Crippen molar-refractivity contribution in [1.29, 1.82) is 0 Å². The molecule has 1 aromatic heterocycles. The van der Waals surface area contributed by atoms with Gasteiger partial charge in [0.25, 0.3) is 0 Å². The molecule has 0 aliphatic rings. The predicted octanol–water partition coefficient (Wildman–Crippen LogP) is 4.91. The molecule has 2 nitrogen and oxygen atoms in total. The van der Waals surface area contributed by atoms with Crippen molar-refractivity contribution in [2.75, 3.05) is 0 Å². The summed E-state index contributed by atoms with van der Waals surface area (Å²) in [6, 6.07) is 6.88. The van der Waals surface area contributed by atoms with E-state index in [4.69, 9.17) is 4.74 Å². The monoisotopic (exact) mass is 309 g/mol. The molecule has 0 amide bonds. The van der Waals surface area contributed by atoms with E-state index in [1.807, 2.05) is 0 Å². The second-order valence-corrected chi connectivity index (χ2v) is 6.09. The van der Waals surface area contributed by atoms with Gasteiger partial charge in [-0.2, -0.15) is 0 Å². The van der Waals surface area contributed by atoms with Gasteiger partial charge in [-0.25, -0.2) is 0 Å². The standard InChI is InChI=1S/C15H20BrNO/c1-10(2)17-8-12(9-18-11(3)4)14-6-5-13(16)7-15(14)17/h5-8,10-11H,9H2,1-4H3. The molecule has 3 heteroatoms. The highest BCUT2D eigenvalue weighted by Gasteiger charge is 2.11. The van der Waals surface area contributed by atoms with Crippen molar-refractivity contribution in [1.82, 2.24) is 4.57 Å². The van der Waals surface area contributed by atoms with E-state index in [9.17, 15) is 0 Å². The summed E-state index contributed by atoms with van der Waals surface area (Å²) in [5.41, 5.74) is 2.53. The van der Waals surface area contributed by atoms with E-state index in [1.54, 1.807) is 0 Å². The van der Waals surface area contributed by atoms with E-state index in [0.717, 1.165) is 4.47 Å². The summed E-state index contributed by atoms with van der Waals surface area (Å²) in [5.74, 6) is 0. The van der Waals surface area contributed by atoms with Gasteiger partial charge in [0.05, 0.1) is 12.7 Å². The smallest absolute Gasteiger partial charge is 0.0741 e. The molecule has 0 bridgehead atoms. The van der Waals surface area contributed by atoms with Gasteiger partial charge < -0.3 is 9.30 Å². The number of benzene rings is 1. The van der Waals surface area contributed by atoms with Crippen molar-refractivity contribution in [3.63, 3.8) is 0 Å². The Balaban J connectivity index is 2.47. The molecule has 0 aliphatic carbocycles. The van der Waals surface area contributed by atoms with Gasteiger partial charge in [0.1, 0.15) is 0 Å². The lowest BCUT2D eigenvalue weighted by atomic mass is 10.2. The zero-order valence-corrected chi connectivity index (χ0v) is 13.0. The second kappa shape index (κ2) is 5.45. The van der Waals surface area contributed by atoms with E-state index in [1.165, 1.54) is 16.5 Å². The van der Waals surface area contributed by atoms with Gasteiger partial charge in [-0.15, -0.1) is 0 Å². The number of hydrogen-bond acceptors (Lipinski definition) is 1. The summed E-state index contributed by atoms with van der Waals surface area (Å²) in [6.07, 6.45) is 2.47. The molecule has 0 radical (unpaired) electrons. The van der Waals surface area contributed by atoms with Gasteiger partial charge in [-0.3, -0.25) is 0 Å². The third kappa shape index (κ3) is 2.78. The number of hydrogen-bond donors (Lipinski definition) is 0. The summed E-state index contributed by atoms with van der Waals surface area (Å²) in [5, 5.41) is 1.28. The van der Waals surface area contributed by atoms with Gasteiger partial charge in [0.2, 0.25) is 0 Å². The fraction of sp³-hybridized carbons (Fsp3) is 0.467. The van der Waals surface area contributed by atoms with Crippen molar-refractivity contribution in [3.8, 4) is 0 Å². The molecule has 2 aromatic rings. The van der Waals surface area contributed by atoms with Crippen LogP contribution >= 0.6 is 15.9 Å². The van der Waals surface area contributed by atoms with Gasteiger partial charge in [-0.05, 0) is 39.8 Å². The Morgan fingerprint density at radius 3 is 2.56 bits per heavy atom. The molecule has 0 atom stereocenters. The van der Waals surface area contributed by atoms with Gasteiger partial charge in [0, 0.05) is 33.2 Å². The van der Waals surface area contributed by atoms with Crippen LogP contribution < -0.4 is 0 Å². The maximum absolute atomic E-state index is 5.73. The molecular weight excluding hydrogens is 290 g/mol. The van der Waals surface area contributed by atoms with Crippen molar-refractivity contribution in [2.24, 2.45) is 0 Å². The van der Waals surface area contributed by atoms with E-state index >= 15 is 0 Å². The third-order valence-corrected chi connectivity index (χ3v) is 3.50. The number of rotatable bonds is 4.